The van der Waals surface area contributed by atoms with Gasteiger partial charge in [0.2, 0.25) is 0 Å². The van der Waals surface area contributed by atoms with Crippen LogP contribution >= 0.6 is 0 Å². The number of phenolic OH excluding ortho intramolecular Hbond substituents is 1. The maximum atomic E-state index is 12.2. The van der Waals surface area contributed by atoms with Gasteiger partial charge in [0.25, 0.3) is 0 Å². The molecule has 0 aliphatic rings. The lowest BCUT2D eigenvalue weighted by molar-refractivity contribution is -0.277. The van der Waals surface area contributed by atoms with Crippen LogP contribution in [0.1, 0.15) is 22.8 Å². The first-order valence-electron chi connectivity index (χ1n) is 5.93. The van der Waals surface area contributed by atoms with E-state index in [1.807, 2.05) is 0 Å². The SMILES string of the molecule is CC(O)(O)Oc1ccc(C(=O)c2ccccc2)c(O)c1. The third-order valence-electron chi connectivity index (χ3n) is 2.56. The minimum Gasteiger partial charge on any atom is -0.507 e. The lowest BCUT2D eigenvalue weighted by atomic mass is 10.0. The molecule has 0 saturated carbocycles. The Labute approximate surface area is 115 Å². The maximum Gasteiger partial charge on any atom is 0.318 e. The zero-order valence-corrected chi connectivity index (χ0v) is 10.8. The highest BCUT2D eigenvalue weighted by molar-refractivity contribution is 6.10. The second kappa shape index (κ2) is 5.32. The van der Waals surface area contributed by atoms with Crippen LogP contribution in [0.5, 0.6) is 11.5 Å². The molecule has 2 aromatic carbocycles. The van der Waals surface area contributed by atoms with Gasteiger partial charge in [0.15, 0.2) is 5.78 Å². The smallest absolute Gasteiger partial charge is 0.318 e. The van der Waals surface area contributed by atoms with Crippen LogP contribution in [0.3, 0.4) is 0 Å². The van der Waals surface area contributed by atoms with E-state index in [0.29, 0.717) is 5.56 Å². The molecule has 0 amide bonds. The van der Waals surface area contributed by atoms with Crippen LogP contribution in [-0.2, 0) is 0 Å². The minimum atomic E-state index is -2.35. The van der Waals surface area contributed by atoms with Crippen molar-refractivity contribution in [2.24, 2.45) is 0 Å². The second-order valence-electron chi connectivity index (χ2n) is 4.41. The molecule has 104 valence electrons. The third kappa shape index (κ3) is 3.34. The molecule has 0 saturated heterocycles. The fourth-order valence-corrected chi connectivity index (χ4v) is 1.74. The van der Waals surface area contributed by atoms with Gasteiger partial charge in [-0.15, -0.1) is 0 Å². The summed E-state index contributed by atoms with van der Waals surface area (Å²) in [6.45, 7) is 1.03. The number of aliphatic hydroxyl groups is 2. The van der Waals surface area contributed by atoms with Gasteiger partial charge in [-0.2, -0.15) is 0 Å². The molecule has 0 bridgehead atoms. The highest BCUT2D eigenvalue weighted by Crippen LogP contribution is 2.27. The Kier molecular flexibility index (Phi) is 3.74. The number of benzene rings is 2. The van der Waals surface area contributed by atoms with Crippen LogP contribution < -0.4 is 4.74 Å². The van der Waals surface area contributed by atoms with Crippen molar-refractivity contribution in [3.05, 3.63) is 59.7 Å². The zero-order valence-electron chi connectivity index (χ0n) is 10.8. The molecule has 2 aromatic rings. The van der Waals surface area contributed by atoms with E-state index in [1.54, 1.807) is 30.3 Å². The first kappa shape index (κ1) is 14.0. The molecular weight excluding hydrogens is 260 g/mol. The van der Waals surface area contributed by atoms with Crippen molar-refractivity contribution in [2.75, 3.05) is 0 Å². The van der Waals surface area contributed by atoms with Gasteiger partial charge in [-0.3, -0.25) is 4.79 Å². The van der Waals surface area contributed by atoms with Crippen LogP contribution in [0.2, 0.25) is 0 Å². The molecule has 0 spiro atoms. The van der Waals surface area contributed by atoms with Crippen LogP contribution in [-0.4, -0.2) is 27.1 Å². The maximum absolute atomic E-state index is 12.2. The lowest BCUT2D eigenvalue weighted by Crippen LogP contribution is -2.30. The molecular formula is C15H14O5. The van der Waals surface area contributed by atoms with E-state index in [4.69, 9.17) is 14.9 Å². The van der Waals surface area contributed by atoms with Gasteiger partial charge in [-0.1, -0.05) is 30.3 Å². The summed E-state index contributed by atoms with van der Waals surface area (Å²) < 4.78 is 4.76. The molecule has 5 nitrogen and oxygen atoms in total. The number of ether oxygens (including phenoxy) is 1. The Morgan fingerprint density at radius 3 is 2.30 bits per heavy atom. The summed E-state index contributed by atoms with van der Waals surface area (Å²) in [7, 11) is 0. The van der Waals surface area contributed by atoms with Crippen LogP contribution in [0.4, 0.5) is 0 Å². The van der Waals surface area contributed by atoms with E-state index in [-0.39, 0.29) is 22.8 Å². The Bertz CT molecular complexity index is 614. The lowest BCUT2D eigenvalue weighted by Gasteiger charge is -2.18. The number of ketones is 1. The van der Waals surface area contributed by atoms with E-state index in [1.165, 1.54) is 12.1 Å². The average Bonchev–Trinajstić information content (AvgIpc) is 2.37. The van der Waals surface area contributed by atoms with Crippen molar-refractivity contribution in [2.45, 2.75) is 12.9 Å². The van der Waals surface area contributed by atoms with E-state index in [2.05, 4.69) is 0 Å². The van der Waals surface area contributed by atoms with Gasteiger partial charge in [-0.05, 0) is 12.1 Å². The first-order valence-corrected chi connectivity index (χ1v) is 5.93. The Morgan fingerprint density at radius 1 is 1.10 bits per heavy atom. The molecule has 0 radical (unpaired) electrons. The highest BCUT2D eigenvalue weighted by atomic mass is 16.8. The molecule has 0 aliphatic carbocycles. The summed E-state index contributed by atoms with van der Waals surface area (Å²) in [5, 5.41) is 28.1. The van der Waals surface area contributed by atoms with E-state index in [0.717, 1.165) is 13.0 Å². The van der Waals surface area contributed by atoms with E-state index < -0.39 is 5.97 Å². The number of rotatable bonds is 4. The standard InChI is InChI=1S/C15H14O5/c1-15(18,19)20-11-7-8-12(13(16)9-11)14(17)10-5-3-2-4-6-10/h2-9,16,18-19H,1H3. The van der Waals surface area contributed by atoms with Crippen molar-refractivity contribution < 1.29 is 24.9 Å². The number of aromatic hydroxyl groups is 1. The molecule has 0 atom stereocenters. The van der Waals surface area contributed by atoms with Crippen molar-refractivity contribution in [3.8, 4) is 11.5 Å². The Balaban J connectivity index is 2.29. The molecule has 0 unspecified atom stereocenters. The monoisotopic (exact) mass is 274 g/mol. The number of carbonyl (C=O) groups is 1. The van der Waals surface area contributed by atoms with Gasteiger partial charge in [0.1, 0.15) is 11.5 Å². The van der Waals surface area contributed by atoms with Gasteiger partial charge in [0, 0.05) is 18.6 Å². The van der Waals surface area contributed by atoms with Crippen molar-refractivity contribution in [1.82, 2.24) is 0 Å². The molecule has 0 aromatic heterocycles. The summed E-state index contributed by atoms with van der Waals surface area (Å²) in [6.07, 6.45) is 0. The molecule has 0 fully saturated rings. The van der Waals surface area contributed by atoms with Crippen LogP contribution in [0.25, 0.3) is 0 Å². The van der Waals surface area contributed by atoms with E-state index in [9.17, 15) is 9.90 Å². The molecule has 2 rings (SSSR count). The number of carbonyl (C=O) groups excluding carboxylic acids is 1. The van der Waals surface area contributed by atoms with Crippen LogP contribution in [0.15, 0.2) is 48.5 Å². The van der Waals surface area contributed by atoms with Crippen molar-refractivity contribution in [1.29, 1.82) is 0 Å². The van der Waals surface area contributed by atoms with Crippen LogP contribution in [0, 0.1) is 0 Å². The van der Waals surface area contributed by atoms with Gasteiger partial charge in [-0.25, -0.2) is 0 Å². The molecule has 20 heavy (non-hydrogen) atoms. The van der Waals surface area contributed by atoms with Crippen molar-refractivity contribution in [3.63, 3.8) is 0 Å². The summed E-state index contributed by atoms with van der Waals surface area (Å²) in [5.74, 6) is -2.93. The predicted octanol–water partition coefficient (Wildman–Crippen LogP) is 1.66. The fraction of sp³-hybridized carbons (Fsp3) is 0.133. The third-order valence-corrected chi connectivity index (χ3v) is 2.56. The normalized spacial score (nSPS) is 11.2. The second-order valence-corrected chi connectivity index (χ2v) is 4.41. The average molecular weight is 274 g/mol. The fourth-order valence-electron chi connectivity index (χ4n) is 1.74. The van der Waals surface area contributed by atoms with E-state index >= 15 is 0 Å². The minimum absolute atomic E-state index is 0.0413. The van der Waals surface area contributed by atoms with Gasteiger partial charge >= 0.3 is 5.97 Å². The number of hydrogen-bond donors (Lipinski definition) is 3. The zero-order chi connectivity index (χ0) is 14.8. The molecule has 0 aliphatic heterocycles. The Hall–Kier alpha value is -2.37. The number of hydrogen-bond acceptors (Lipinski definition) is 5. The molecule has 5 heteroatoms. The van der Waals surface area contributed by atoms with Crippen molar-refractivity contribution >= 4 is 5.78 Å². The molecule has 3 N–H and O–H groups in total. The predicted molar refractivity (Wildman–Crippen MR) is 71.5 cm³/mol. The van der Waals surface area contributed by atoms with Gasteiger partial charge < -0.3 is 20.1 Å². The summed E-state index contributed by atoms with van der Waals surface area (Å²) in [5.41, 5.74) is 0.562. The highest BCUT2D eigenvalue weighted by Gasteiger charge is 2.19. The number of phenols is 1. The largest absolute Gasteiger partial charge is 0.507 e. The summed E-state index contributed by atoms with van der Waals surface area (Å²) >= 11 is 0. The summed E-state index contributed by atoms with van der Waals surface area (Å²) in [4.78, 5) is 12.2. The Morgan fingerprint density at radius 2 is 1.75 bits per heavy atom. The quantitative estimate of drug-likeness (QED) is 0.583. The topological polar surface area (TPSA) is 87.0 Å². The van der Waals surface area contributed by atoms with Gasteiger partial charge in [0.05, 0.1) is 5.56 Å². The molecule has 0 heterocycles. The first-order chi connectivity index (χ1) is 9.37. The summed E-state index contributed by atoms with van der Waals surface area (Å²) in [6, 6.07) is 12.4.